The van der Waals surface area contributed by atoms with E-state index in [1.165, 1.54) is 0 Å². The van der Waals surface area contributed by atoms with Gasteiger partial charge in [0.25, 0.3) is 5.91 Å². The second kappa shape index (κ2) is 6.47. The van der Waals surface area contributed by atoms with Crippen molar-refractivity contribution in [2.45, 2.75) is 38.7 Å². The predicted molar refractivity (Wildman–Crippen MR) is 67.0 cm³/mol. The molecule has 20 heavy (non-hydrogen) atoms. The van der Waals surface area contributed by atoms with Gasteiger partial charge in [-0.2, -0.15) is 0 Å². The van der Waals surface area contributed by atoms with Crippen molar-refractivity contribution in [3.05, 3.63) is 5.89 Å². The average Bonchev–Trinajstić information content (AvgIpc) is 2.82. The summed E-state index contributed by atoms with van der Waals surface area (Å²) in [6.45, 7) is 1.52. The minimum absolute atomic E-state index is 0.0469. The van der Waals surface area contributed by atoms with Crippen molar-refractivity contribution >= 4 is 17.9 Å². The van der Waals surface area contributed by atoms with Crippen LogP contribution < -0.4 is 5.32 Å². The summed E-state index contributed by atoms with van der Waals surface area (Å²) in [5.41, 5.74) is 0. The molecule has 1 amide bonds. The van der Waals surface area contributed by atoms with Crippen LogP contribution in [0.1, 0.15) is 31.6 Å². The number of carbonyl (C=O) groups is 2. The molecular formula is C12H17N3O5. The number of anilines is 1. The van der Waals surface area contributed by atoms with Crippen LogP contribution in [0.15, 0.2) is 4.42 Å². The molecule has 1 aliphatic carbocycles. The lowest BCUT2D eigenvalue weighted by atomic mass is 9.87. The molecular weight excluding hydrogens is 266 g/mol. The van der Waals surface area contributed by atoms with Gasteiger partial charge < -0.3 is 14.3 Å². The van der Waals surface area contributed by atoms with Crippen molar-refractivity contribution in [2.75, 3.05) is 11.9 Å². The molecule has 0 aromatic carbocycles. The van der Waals surface area contributed by atoms with E-state index in [2.05, 4.69) is 15.5 Å². The zero-order chi connectivity index (χ0) is 14.5. The van der Waals surface area contributed by atoms with Crippen LogP contribution in [0.25, 0.3) is 0 Å². The molecule has 0 atom stereocenters. The summed E-state index contributed by atoms with van der Waals surface area (Å²) in [7, 11) is 0. The number of hydrogen-bond donors (Lipinski definition) is 2. The first-order valence-corrected chi connectivity index (χ1v) is 6.49. The summed E-state index contributed by atoms with van der Waals surface area (Å²) in [6, 6.07) is 0.0469. The van der Waals surface area contributed by atoms with Crippen LogP contribution >= 0.6 is 0 Å². The summed E-state index contributed by atoms with van der Waals surface area (Å²) in [6.07, 6.45) is 2.42. The molecule has 8 nitrogen and oxygen atoms in total. The molecule has 0 aliphatic heterocycles. The third-order valence-electron chi connectivity index (χ3n) is 3.25. The highest BCUT2D eigenvalue weighted by Crippen LogP contribution is 2.26. The van der Waals surface area contributed by atoms with Crippen LogP contribution in [0.5, 0.6) is 0 Å². The van der Waals surface area contributed by atoms with Crippen LogP contribution in [-0.2, 0) is 14.3 Å². The standard InChI is InChI=1S/C12H17N3O5/c1-7-14-15-12(20-7)13-10(16)6-19-9-4-2-8(3-5-9)11(17)18/h8-9H,2-6H2,1H3,(H,17,18)(H,13,15,16). The van der Waals surface area contributed by atoms with Crippen molar-refractivity contribution in [3.63, 3.8) is 0 Å². The van der Waals surface area contributed by atoms with Gasteiger partial charge in [0.15, 0.2) is 0 Å². The molecule has 1 aromatic rings. The van der Waals surface area contributed by atoms with Gasteiger partial charge in [0.2, 0.25) is 5.89 Å². The molecule has 8 heteroatoms. The van der Waals surface area contributed by atoms with Gasteiger partial charge in [0, 0.05) is 6.92 Å². The summed E-state index contributed by atoms with van der Waals surface area (Å²) in [5, 5.41) is 18.5. The third-order valence-corrected chi connectivity index (χ3v) is 3.25. The van der Waals surface area contributed by atoms with Gasteiger partial charge >= 0.3 is 12.0 Å². The zero-order valence-electron chi connectivity index (χ0n) is 11.2. The molecule has 0 saturated heterocycles. The number of aryl methyl sites for hydroxylation is 1. The number of hydrogen-bond acceptors (Lipinski definition) is 6. The Balaban J connectivity index is 1.68. The quantitative estimate of drug-likeness (QED) is 0.827. The van der Waals surface area contributed by atoms with E-state index in [-0.39, 0.29) is 30.6 Å². The lowest BCUT2D eigenvalue weighted by Gasteiger charge is -2.25. The Kier molecular flexibility index (Phi) is 4.67. The van der Waals surface area contributed by atoms with Crippen molar-refractivity contribution in [1.29, 1.82) is 0 Å². The van der Waals surface area contributed by atoms with Crippen molar-refractivity contribution < 1.29 is 23.8 Å². The second-order valence-corrected chi connectivity index (χ2v) is 4.80. The maximum Gasteiger partial charge on any atom is 0.322 e. The van der Waals surface area contributed by atoms with Gasteiger partial charge in [0.1, 0.15) is 6.61 Å². The molecule has 1 heterocycles. The number of carboxylic acids is 1. The number of aliphatic carboxylic acids is 1. The van der Waals surface area contributed by atoms with E-state index in [1.54, 1.807) is 6.92 Å². The summed E-state index contributed by atoms with van der Waals surface area (Å²) >= 11 is 0. The minimum atomic E-state index is -0.757. The van der Waals surface area contributed by atoms with Crippen LogP contribution in [-0.4, -0.2) is 39.9 Å². The van der Waals surface area contributed by atoms with E-state index in [0.29, 0.717) is 31.6 Å². The smallest absolute Gasteiger partial charge is 0.322 e. The third kappa shape index (κ3) is 4.02. The van der Waals surface area contributed by atoms with E-state index in [0.717, 1.165) is 0 Å². The summed E-state index contributed by atoms with van der Waals surface area (Å²) in [4.78, 5) is 22.4. The number of nitrogens with one attached hydrogen (secondary N) is 1. The Hall–Kier alpha value is -1.96. The topological polar surface area (TPSA) is 115 Å². The molecule has 2 N–H and O–H groups in total. The lowest BCUT2D eigenvalue weighted by molar-refractivity contribution is -0.144. The number of ether oxygens (including phenoxy) is 1. The Bertz CT molecular complexity index is 479. The molecule has 2 rings (SSSR count). The van der Waals surface area contributed by atoms with Crippen LogP contribution in [0.3, 0.4) is 0 Å². The minimum Gasteiger partial charge on any atom is -0.481 e. The Morgan fingerprint density at radius 3 is 2.60 bits per heavy atom. The monoisotopic (exact) mass is 283 g/mol. The molecule has 0 spiro atoms. The normalized spacial score (nSPS) is 22.4. The SMILES string of the molecule is Cc1nnc(NC(=O)COC2CCC(C(=O)O)CC2)o1. The average molecular weight is 283 g/mol. The molecule has 0 bridgehead atoms. The lowest BCUT2D eigenvalue weighted by Crippen LogP contribution is -2.29. The Labute approximate surface area is 115 Å². The summed E-state index contributed by atoms with van der Waals surface area (Å²) < 4.78 is 10.5. The highest BCUT2D eigenvalue weighted by molar-refractivity contribution is 5.89. The van der Waals surface area contributed by atoms with Crippen molar-refractivity contribution in [3.8, 4) is 0 Å². The fourth-order valence-electron chi connectivity index (χ4n) is 2.17. The van der Waals surface area contributed by atoms with E-state index in [4.69, 9.17) is 14.3 Å². The molecule has 1 aromatic heterocycles. The largest absolute Gasteiger partial charge is 0.481 e. The van der Waals surface area contributed by atoms with E-state index >= 15 is 0 Å². The number of carbonyl (C=O) groups excluding carboxylic acids is 1. The van der Waals surface area contributed by atoms with Gasteiger partial charge in [-0.25, -0.2) is 0 Å². The second-order valence-electron chi connectivity index (χ2n) is 4.80. The van der Waals surface area contributed by atoms with Gasteiger partial charge in [-0.3, -0.25) is 14.9 Å². The molecule has 0 radical (unpaired) electrons. The first-order chi connectivity index (χ1) is 9.54. The number of nitrogens with zero attached hydrogens (tertiary/aromatic N) is 2. The van der Waals surface area contributed by atoms with Gasteiger partial charge in [-0.05, 0) is 25.7 Å². The summed E-state index contributed by atoms with van der Waals surface area (Å²) in [5.74, 6) is -1.04. The van der Waals surface area contributed by atoms with Crippen LogP contribution in [0.4, 0.5) is 6.01 Å². The Morgan fingerprint density at radius 1 is 1.35 bits per heavy atom. The maximum absolute atomic E-state index is 11.6. The fraction of sp³-hybridized carbons (Fsp3) is 0.667. The number of carboxylic acid groups (broad SMARTS) is 1. The molecule has 110 valence electrons. The first-order valence-electron chi connectivity index (χ1n) is 6.49. The van der Waals surface area contributed by atoms with Crippen LogP contribution in [0.2, 0.25) is 0 Å². The highest BCUT2D eigenvalue weighted by Gasteiger charge is 2.26. The molecule has 1 saturated carbocycles. The highest BCUT2D eigenvalue weighted by atomic mass is 16.5. The fourth-order valence-corrected chi connectivity index (χ4v) is 2.17. The van der Waals surface area contributed by atoms with Gasteiger partial charge in [0.05, 0.1) is 12.0 Å². The van der Waals surface area contributed by atoms with Crippen LogP contribution in [0, 0.1) is 12.8 Å². The predicted octanol–water partition coefficient (Wildman–Crippen LogP) is 0.977. The van der Waals surface area contributed by atoms with Crippen molar-refractivity contribution in [1.82, 2.24) is 10.2 Å². The van der Waals surface area contributed by atoms with Crippen molar-refractivity contribution in [2.24, 2.45) is 5.92 Å². The Morgan fingerprint density at radius 2 is 2.05 bits per heavy atom. The number of amides is 1. The molecule has 0 unspecified atom stereocenters. The molecule has 1 fully saturated rings. The van der Waals surface area contributed by atoms with E-state index in [9.17, 15) is 9.59 Å². The van der Waals surface area contributed by atoms with E-state index < -0.39 is 5.97 Å². The van der Waals surface area contributed by atoms with Gasteiger partial charge in [-0.15, -0.1) is 5.10 Å². The molecule has 1 aliphatic rings. The maximum atomic E-state index is 11.6. The number of aromatic nitrogens is 2. The first kappa shape index (κ1) is 14.4. The number of rotatable bonds is 5. The van der Waals surface area contributed by atoms with Gasteiger partial charge in [-0.1, -0.05) is 5.10 Å². The van der Waals surface area contributed by atoms with E-state index in [1.807, 2.05) is 0 Å². The zero-order valence-corrected chi connectivity index (χ0v) is 11.2.